The minimum absolute atomic E-state index is 0.0813. The summed E-state index contributed by atoms with van der Waals surface area (Å²) in [5.74, 6) is 0.955. The normalized spacial score (nSPS) is 10.5. The third-order valence-corrected chi connectivity index (χ3v) is 4.89. The van der Waals surface area contributed by atoms with Gasteiger partial charge in [-0.3, -0.25) is 4.79 Å². The molecule has 1 amide bonds. The van der Waals surface area contributed by atoms with E-state index in [1.807, 2.05) is 31.2 Å². The third kappa shape index (κ3) is 4.18. The number of carbonyl (C=O) groups excluding carboxylic acids is 1. The van der Waals surface area contributed by atoms with Crippen molar-refractivity contribution in [2.24, 2.45) is 0 Å². The first-order valence-corrected chi connectivity index (χ1v) is 9.03. The van der Waals surface area contributed by atoms with E-state index >= 15 is 0 Å². The molecule has 0 N–H and O–H groups in total. The second-order valence-electron chi connectivity index (χ2n) is 5.79. The van der Waals surface area contributed by atoms with Gasteiger partial charge in [0.25, 0.3) is 0 Å². The number of aryl methyl sites for hydroxylation is 2. The lowest BCUT2D eigenvalue weighted by Gasteiger charge is -2.22. The fraction of sp³-hybridized carbons (Fsp3) is 0.350. The van der Waals surface area contributed by atoms with E-state index in [-0.39, 0.29) is 5.91 Å². The van der Waals surface area contributed by atoms with Crippen LogP contribution in [0.3, 0.4) is 0 Å². The summed E-state index contributed by atoms with van der Waals surface area (Å²) in [7, 11) is 1.80. The molecule has 2 rings (SSSR count). The molecule has 4 heteroatoms. The summed E-state index contributed by atoms with van der Waals surface area (Å²) in [4.78, 5) is 13.7. The van der Waals surface area contributed by atoms with Crippen LogP contribution in [-0.4, -0.2) is 13.0 Å². The van der Waals surface area contributed by atoms with Crippen molar-refractivity contribution < 1.29 is 9.53 Å². The van der Waals surface area contributed by atoms with Gasteiger partial charge in [0.1, 0.15) is 12.4 Å². The second kappa shape index (κ2) is 8.34. The Bertz CT molecular complexity index is 728. The Balaban J connectivity index is 2.25. The zero-order chi connectivity index (χ0) is 17.7. The van der Waals surface area contributed by atoms with E-state index in [1.54, 1.807) is 11.9 Å². The molecule has 0 spiro atoms. The van der Waals surface area contributed by atoms with E-state index in [0.29, 0.717) is 13.0 Å². The highest BCUT2D eigenvalue weighted by Crippen LogP contribution is 2.30. The standard InChI is InChI=1S/C20H24BrNO2/c1-5-15-10-11-19(14(3)12-15)24-13-16-17(21)8-7-9-18(16)22(4)20(23)6-2/h7-12H,5-6,13H2,1-4H3. The van der Waals surface area contributed by atoms with Crippen LogP contribution in [0.1, 0.15) is 37.0 Å². The van der Waals surface area contributed by atoms with Crippen LogP contribution in [0.2, 0.25) is 0 Å². The van der Waals surface area contributed by atoms with Crippen LogP contribution in [0.5, 0.6) is 5.75 Å². The lowest BCUT2D eigenvalue weighted by molar-refractivity contribution is -0.118. The van der Waals surface area contributed by atoms with Crippen molar-refractivity contribution >= 4 is 27.5 Å². The Hall–Kier alpha value is -1.81. The van der Waals surface area contributed by atoms with Crippen molar-refractivity contribution in [2.45, 2.75) is 40.2 Å². The predicted molar refractivity (Wildman–Crippen MR) is 103 cm³/mol. The average molecular weight is 390 g/mol. The number of amides is 1. The molecule has 2 aromatic rings. The van der Waals surface area contributed by atoms with Crippen molar-refractivity contribution in [3.8, 4) is 5.75 Å². The number of ether oxygens (including phenoxy) is 1. The zero-order valence-corrected chi connectivity index (χ0v) is 16.3. The highest BCUT2D eigenvalue weighted by molar-refractivity contribution is 9.10. The molecular formula is C20H24BrNO2. The number of hydrogen-bond donors (Lipinski definition) is 0. The molecule has 0 saturated heterocycles. The van der Waals surface area contributed by atoms with Crippen molar-refractivity contribution in [1.29, 1.82) is 0 Å². The monoisotopic (exact) mass is 389 g/mol. The maximum atomic E-state index is 12.0. The second-order valence-corrected chi connectivity index (χ2v) is 6.64. The van der Waals surface area contributed by atoms with Crippen LogP contribution in [0.25, 0.3) is 0 Å². The molecule has 0 atom stereocenters. The summed E-state index contributed by atoms with van der Waals surface area (Å²) in [6.07, 6.45) is 1.49. The van der Waals surface area contributed by atoms with Gasteiger partial charge in [-0.15, -0.1) is 0 Å². The number of carbonyl (C=O) groups is 1. The molecule has 0 fully saturated rings. The number of hydrogen-bond acceptors (Lipinski definition) is 2. The molecule has 0 aromatic heterocycles. The number of benzene rings is 2. The number of halogens is 1. The molecule has 0 heterocycles. The molecule has 0 unspecified atom stereocenters. The fourth-order valence-electron chi connectivity index (χ4n) is 2.62. The summed E-state index contributed by atoms with van der Waals surface area (Å²) < 4.78 is 6.98. The third-order valence-electron chi connectivity index (χ3n) is 4.15. The van der Waals surface area contributed by atoms with Gasteiger partial charge in [0, 0.05) is 23.5 Å². The number of rotatable bonds is 6. The van der Waals surface area contributed by atoms with E-state index in [0.717, 1.165) is 33.5 Å². The highest BCUT2D eigenvalue weighted by atomic mass is 79.9. The minimum atomic E-state index is 0.0813. The number of nitrogens with zero attached hydrogens (tertiary/aromatic N) is 1. The van der Waals surface area contributed by atoms with Gasteiger partial charge in [-0.25, -0.2) is 0 Å². The topological polar surface area (TPSA) is 29.5 Å². The van der Waals surface area contributed by atoms with Crippen molar-refractivity contribution in [3.05, 3.63) is 57.6 Å². The highest BCUT2D eigenvalue weighted by Gasteiger charge is 2.16. The molecular weight excluding hydrogens is 366 g/mol. The molecule has 0 bridgehead atoms. The van der Waals surface area contributed by atoms with Crippen LogP contribution in [-0.2, 0) is 17.8 Å². The number of anilines is 1. The van der Waals surface area contributed by atoms with Gasteiger partial charge >= 0.3 is 0 Å². The van der Waals surface area contributed by atoms with Crippen LogP contribution in [0, 0.1) is 6.92 Å². The first kappa shape index (κ1) is 18.5. The Morgan fingerprint density at radius 1 is 1.21 bits per heavy atom. The maximum absolute atomic E-state index is 12.0. The Labute approximate surface area is 152 Å². The van der Waals surface area contributed by atoms with Crippen molar-refractivity contribution in [2.75, 3.05) is 11.9 Å². The van der Waals surface area contributed by atoms with Gasteiger partial charge in [0.05, 0.1) is 5.69 Å². The molecule has 0 aliphatic rings. The largest absolute Gasteiger partial charge is 0.489 e. The van der Waals surface area contributed by atoms with Crippen LogP contribution in [0.15, 0.2) is 40.9 Å². The summed E-state index contributed by atoms with van der Waals surface area (Å²) in [5.41, 5.74) is 4.27. The SMILES string of the molecule is CCC(=O)N(C)c1cccc(Br)c1COc1ccc(CC)cc1C. The molecule has 2 aromatic carbocycles. The summed E-state index contributed by atoms with van der Waals surface area (Å²) in [5, 5.41) is 0. The van der Waals surface area contributed by atoms with E-state index in [1.165, 1.54) is 5.56 Å². The molecule has 0 saturated carbocycles. The quantitative estimate of drug-likeness (QED) is 0.672. The molecule has 3 nitrogen and oxygen atoms in total. The summed E-state index contributed by atoms with van der Waals surface area (Å²) in [6.45, 7) is 6.47. The predicted octanol–water partition coefficient (Wildman–Crippen LogP) is 5.27. The Morgan fingerprint density at radius 3 is 2.58 bits per heavy atom. The minimum Gasteiger partial charge on any atom is -0.489 e. The van der Waals surface area contributed by atoms with Crippen molar-refractivity contribution in [3.63, 3.8) is 0 Å². The summed E-state index contributed by atoms with van der Waals surface area (Å²) >= 11 is 3.58. The van der Waals surface area contributed by atoms with E-state index in [9.17, 15) is 4.79 Å². The van der Waals surface area contributed by atoms with Crippen LogP contribution < -0.4 is 9.64 Å². The lowest BCUT2D eigenvalue weighted by atomic mass is 10.1. The molecule has 0 radical (unpaired) electrons. The average Bonchev–Trinajstić information content (AvgIpc) is 2.59. The van der Waals surface area contributed by atoms with E-state index in [4.69, 9.17) is 4.74 Å². The van der Waals surface area contributed by atoms with Gasteiger partial charge in [-0.1, -0.05) is 48.0 Å². The molecule has 0 aliphatic carbocycles. The van der Waals surface area contributed by atoms with Crippen molar-refractivity contribution in [1.82, 2.24) is 0 Å². The fourth-order valence-corrected chi connectivity index (χ4v) is 3.09. The van der Waals surface area contributed by atoms with Gasteiger partial charge in [-0.05, 0) is 42.7 Å². The summed E-state index contributed by atoms with van der Waals surface area (Å²) in [6, 6.07) is 12.1. The van der Waals surface area contributed by atoms with E-state index < -0.39 is 0 Å². The molecule has 128 valence electrons. The van der Waals surface area contributed by atoms with Gasteiger partial charge in [-0.2, -0.15) is 0 Å². The molecule has 24 heavy (non-hydrogen) atoms. The smallest absolute Gasteiger partial charge is 0.226 e. The van der Waals surface area contributed by atoms with Gasteiger partial charge < -0.3 is 9.64 Å². The van der Waals surface area contributed by atoms with Gasteiger partial charge in [0.2, 0.25) is 5.91 Å². The first-order valence-electron chi connectivity index (χ1n) is 8.24. The zero-order valence-electron chi connectivity index (χ0n) is 14.7. The van der Waals surface area contributed by atoms with Gasteiger partial charge in [0.15, 0.2) is 0 Å². The maximum Gasteiger partial charge on any atom is 0.226 e. The lowest BCUT2D eigenvalue weighted by Crippen LogP contribution is -2.26. The van der Waals surface area contributed by atoms with E-state index in [2.05, 4.69) is 41.9 Å². The Kier molecular flexibility index (Phi) is 6.44. The van der Waals surface area contributed by atoms with Crippen LogP contribution >= 0.6 is 15.9 Å². The molecule has 0 aliphatic heterocycles. The Morgan fingerprint density at radius 2 is 1.96 bits per heavy atom. The van der Waals surface area contributed by atoms with Crippen LogP contribution in [0.4, 0.5) is 5.69 Å². The first-order chi connectivity index (χ1) is 11.5.